The molecule has 0 heterocycles. The average Bonchev–Trinajstić information content (AvgIpc) is 2.30. The molecule has 100 valence electrons. The van der Waals surface area contributed by atoms with Crippen molar-refractivity contribution in [2.75, 3.05) is 7.05 Å². The molecule has 1 unspecified atom stereocenters. The molecule has 0 radical (unpaired) electrons. The Morgan fingerprint density at radius 3 is 2.33 bits per heavy atom. The number of nitrogens with zero attached hydrogens (tertiary/aromatic N) is 1. The van der Waals surface area contributed by atoms with E-state index in [9.17, 15) is 13.2 Å². The third-order valence-electron chi connectivity index (χ3n) is 2.55. The van der Waals surface area contributed by atoms with Gasteiger partial charge in [-0.15, -0.1) is 0 Å². The van der Waals surface area contributed by atoms with E-state index in [2.05, 4.69) is 0 Å². The molecule has 0 aliphatic carbocycles. The second-order valence-electron chi connectivity index (χ2n) is 3.91. The molecule has 0 amide bonds. The van der Waals surface area contributed by atoms with Crippen molar-refractivity contribution in [2.24, 2.45) is 0 Å². The number of benzene rings is 1. The third-order valence-corrected chi connectivity index (χ3v) is 4.89. The Balaban J connectivity index is 2.85. The summed E-state index contributed by atoms with van der Waals surface area (Å²) < 4.78 is 24.7. The van der Waals surface area contributed by atoms with Crippen molar-refractivity contribution in [3.8, 4) is 0 Å². The fourth-order valence-corrected chi connectivity index (χ4v) is 2.58. The molecule has 0 bridgehead atoms. The molecule has 0 fully saturated rings. The van der Waals surface area contributed by atoms with Gasteiger partial charge in [0.25, 0.3) is 0 Å². The molecule has 0 aliphatic heterocycles. The van der Waals surface area contributed by atoms with Crippen LogP contribution in [0.15, 0.2) is 24.3 Å². The lowest BCUT2D eigenvalue weighted by Gasteiger charge is -2.19. The Hall–Kier alpha value is -1.11. The summed E-state index contributed by atoms with van der Waals surface area (Å²) >= 11 is 5.72. The van der Waals surface area contributed by atoms with Gasteiger partial charge in [0, 0.05) is 18.6 Å². The zero-order valence-corrected chi connectivity index (χ0v) is 11.6. The molecular weight excluding hydrogens is 278 g/mol. The van der Waals surface area contributed by atoms with Crippen LogP contribution in [0.1, 0.15) is 12.5 Å². The van der Waals surface area contributed by atoms with Crippen LogP contribution in [0.3, 0.4) is 0 Å². The van der Waals surface area contributed by atoms with Crippen molar-refractivity contribution >= 4 is 27.6 Å². The highest BCUT2D eigenvalue weighted by molar-refractivity contribution is 7.90. The first kappa shape index (κ1) is 14.9. The molecule has 0 saturated heterocycles. The fourth-order valence-electron chi connectivity index (χ4n) is 1.33. The van der Waals surface area contributed by atoms with E-state index in [4.69, 9.17) is 16.7 Å². The first-order valence-electron chi connectivity index (χ1n) is 5.17. The van der Waals surface area contributed by atoms with Crippen LogP contribution < -0.4 is 0 Å². The number of carboxylic acid groups (broad SMARTS) is 1. The van der Waals surface area contributed by atoms with Gasteiger partial charge in [0.2, 0.25) is 10.0 Å². The number of hydrogen-bond donors (Lipinski definition) is 1. The second-order valence-corrected chi connectivity index (χ2v) is 6.70. The third kappa shape index (κ3) is 3.44. The van der Waals surface area contributed by atoms with E-state index in [1.54, 1.807) is 24.3 Å². The Bertz CT molecular complexity index is 526. The lowest BCUT2D eigenvalue weighted by atomic mass is 10.2. The first-order chi connectivity index (χ1) is 8.25. The van der Waals surface area contributed by atoms with Crippen molar-refractivity contribution in [1.82, 2.24) is 4.31 Å². The minimum absolute atomic E-state index is 0.108. The molecule has 0 saturated carbocycles. The maximum atomic E-state index is 11.9. The summed E-state index contributed by atoms with van der Waals surface area (Å²) in [6.07, 6.45) is 0. The number of sulfonamides is 1. The summed E-state index contributed by atoms with van der Waals surface area (Å²) in [7, 11) is -2.50. The maximum absolute atomic E-state index is 11.9. The molecular formula is C11H14ClNO4S. The normalized spacial score (nSPS) is 13.6. The van der Waals surface area contributed by atoms with Crippen molar-refractivity contribution in [2.45, 2.75) is 18.7 Å². The van der Waals surface area contributed by atoms with Crippen LogP contribution in [0.4, 0.5) is 0 Å². The van der Waals surface area contributed by atoms with Crippen LogP contribution in [0, 0.1) is 0 Å². The van der Waals surface area contributed by atoms with E-state index >= 15 is 0 Å². The van der Waals surface area contributed by atoms with Crippen LogP contribution in [0.2, 0.25) is 5.02 Å². The Labute approximate surface area is 111 Å². The lowest BCUT2D eigenvalue weighted by molar-refractivity contribution is -0.136. The number of carbonyl (C=O) groups is 1. The smallest absolute Gasteiger partial charge is 0.323 e. The quantitative estimate of drug-likeness (QED) is 0.893. The van der Waals surface area contributed by atoms with Crippen LogP contribution in [0.5, 0.6) is 0 Å². The minimum atomic E-state index is -3.85. The molecule has 5 nitrogen and oxygen atoms in total. The van der Waals surface area contributed by atoms with Gasteiger partial charge in [-0.1, -0.05) is 23.7 Å². The van der Waals surface area contributed by atoms with Crippen molar-refractivity contribution in [3.63, 3.8) is 0 Å². The van der Waals surface area contributed by atoms with E-state index in [0.29, 0.717) is 5.02 Å². The molecule has 1 aromatic rings. The highest BCUT2D eigenvalue weighted by Gasteiger charge is 2.31. The predicted octanol–water partition coefficient (Wildman–Crippen LogP) is 1.57. The lowest BCUT2D eigenvalue weighted by Crippen LogP contribution is -2.38. The number of rotatable bonds is 5. The van der Waals surface area contributed by atoms with Gasteiger partial charge < -0.3 is 5.11 Å². The van der Waals surface area contributed by atoms with Crippen molar-refractivity contribution in [1.29, 1.82) is 0 Å². The van der Waals surface area contributed by atoms with Gasteiger partial charge in [-0.3, -0.25) is 4.79 Å². The predicted molar refractivity (Wildman–Crippen MR) is 68.9 cm³/mol. The van der Waals surface area contributed by atoms with Crippen molar-refractivity contribution in [3.05, 3.63) is 34.9 Å². The van der Waals surface area contributed by atoms with Gasteiger partial charge in [-0.2, -0.15) is 4.31 Å². The van der Waals surface area contributed by atoms with E-state index < -0.39 is 21.2 Å². The molecule has 1 N–H and O–H groups in total. The molecule has 18 heavy (non-hydrogen) atoms. The number of halogens is 1. The number of hydrogen-bond acceptors (Lipinski definition) is 3. The average molecular weight is 292 g/mol. The minimum Gasteiger partial charge on any atom is -0.480 e. The van der Waals surface area contributed by atoms with E-state index in [1.165, 1.54) is 7.05 Å². The van der Waals surface area contributed by atoms with Gasteiger partial charge in [0.15, 0.2) is 5.25 Å². The van der Waals surface area contributed by atoms with E-state index in [1.807, 2.05) is 0 Å². The topological polar surface area (TPSA) is 74.7 Å². The summed E-state index contributed by atoms with van der Waals surface area (Å²) in [6.45, 7) is 1.26. The van der Waals surface area contributed by atoms with Crippen LogP contribution >= 0.6 is 11.6 Å². The maximum Gasteiger partial charge on any atom is 0.323 e. The largest absolute Gasteiger partial charge is 0.480 e. The Morgan fingerprint density at radius 2 is 1.89 bits per heavy atom. The molecule has 7 heteroatoms. The van der Waals surface area contributed by atoms with Crippen molar-refractivity contribution < 1.29 is 18.3 Å². The number of aliphatic carboxylic acids is 1. The van der Waals surface area contributed by atoms with Gasteiger partial charge in [0.1, 0.15) is 0 Å². The number of carboxylic acids is 1. The SMILES string of the molecule is CC(C(=O)O)S(=O)(=O)N(C)Cc1ccc(Cl)cc1. The Morgan fingerprint density at radius 1 is 1.39 bits per heavy atom. The van der Waals surface area contributed by atoms with Gasteiger partial charge in [-0.25, -0.2) is 8.42 Å². The summed E-state index contributed by atoms with van der Waals surface area (Å²) in [6, 6.07) is 6.69. The summed E-state index contributed by atoms with van der Waals surface area (Å²) in [4.78, 5) is 10.7. The zero-order valence-electron chi connectivity index (χ0n) is 10.00. The summed E-state index contributed by atoms with van der Waals surface area (Å²) in [5.41, 5.74) is 0.739. The first-order valence-corrected chi connectivity index (χ1v) is 7.05. The standard InChI is InChI=1S/C11H14ClNO4S/c1-8(11(14)15)18(16,17)13(2)7-9-3-5-10(12)6-4-9/h3-6,8H,7H2,1-2H3,(H,14,15). The molecule has 0 spiro atoms. The molecule has 1 rings (SSSR count). The van der Waals surface area contributed by atoms with Gasteiger partial charge in [0.05, 0.1) is 0 Å². The molecule has 0 aromatic heterocycles. The summed E-state index contributed by atoms with van der Waals surface area (Å²) in [5, 5.41) is 7.84. The van der Waals surface area contributed by atoms with Crippen LogP contribution in [-0.4, -0.2) is 36.1 Å². The molecule has 1 aromatic carbocycles. The van der Waals surface area contributed by atoms with E-state index in [-0.39, 0.29) is 6.54 Å². The molecule has 0 aliphatic rings. The monoisotopic (exact) mass is 291 g/mol. The second kappa shape index (κ2) is 5.69. The van der Waals surface area contributed by atoms with Crippen LogP contribution in [-0.2, 0) is 21.4 Å². The highest BCUT2D eigenvalue weighted by Crippen LogP contribution is 2.14. The zero-order chi connectivity index (χ0) is 13.9. The van der Waals surface area contributed by atoms with Gasteiger partial charge >= 0.3 is 5.97 Å². The van der Waals surface area contributed by atoms with E-state index in [0.717, 1.165) is 16.8 Å². The summed E-state index contributed by atoms with van der Waals surface area (Å²) in [5.74, 6) is -1.36. The Kier molecular flexibility index (Phi) is 4.72. The fraction of sp³-hybridized carbons (Fsp3) is 0.364. The molecule has 1 atom stereocenters. The highest BCUT2D eigenvalue weighted by atomic mass is 35.5. The van der Waals surface area contributed by atoms with Crippen LogP contribution in [0.25, 0.3) is 0 Å². The van der Waals surface area contributed by atoms with Gasteiger partial charge in [-0.05, 0) is 24.6 Å².